The number of hydrogen-bond donors (Lipinski definition) is 1. The summed E-state index contributed by atoms with van der Waals surface area (Å²) in [6.45, 7) is 5.81. The Hall–Kier alpha value is -1.93. The predicted octanol–water partition coefficient (Wildman–Crippen LogP) is 0.00944. The van der Waals surface area contributed by atoms with Crippen LogP contribution in [0.2, 0.25) is 0 Å². The van der Waals surface area contributed by atoms with Crippen LogP contribution in [0.25, 0.3) is 0 Å². The molecule has 0 aromatic carbocycles. The quantitative estimate of drug-likeness (QED) is 0.755. The van der Waals surface area contributed by atoms with Crippen LogP contribution in [0.3, 0.4) is 0 Å². The van der Waals surface area contributed by atoms with Gasteiger partial charge in [-0.05, 0) is 19.9 Å². The molecule has 8 nitrogen and oxygen atoms in total. The van der Waals surface area contributed by atoms with Gasteiger partial charge >= 0.3 is 0 Å². The van der Waals surface area contributed by atoms with Crippen molar-refractivity contribution in [2.24, 2.45) is 5.73 Å². The Morgan fingerprint density at radius 1 is 1.46 bits per heavy atom. The molecule has 0 radical (unpaired) electrons. The lowest BCUT2D eigenvalue weighted by Gasteiger charge is -2.41. The number of methoxy groups -OCH3 is 1. The molecule has 2 amide bonds. The van der Waals surface area contributed by atoms with Gasteiger partial charge in [0.25, 0.3) is 0 Å². The van der Waals surface area contributed by atoms with Crippen LogP contribution in [-0.4, -0.2) is 65.5 Å². The van der Waals surface area contributed by atoms with E-state index in [4.69, 9.17) is 15.2 Å². The highest BCUT2D eigenvalue weighted by atomic mass is 16.5. The number of aromatic nitrogens is 2. The molecule has 1 aliphatic heterocycles. The summed E-state index contributed by atoms with van der Waals surface area (Å²) in [5, 5.41) is 4.36. The average molecular weight is 338 g/mol. The number of ether oxygens (including phenoxy) is 2. The first kappa shape index (κ1) is 18.4. The second-order valence-corrected chi connectivity index (χ2v) is 6.32. The second kappa shape index (κ2) is 7.76. The highest BCUT2D eigenvalue weighted by molar-refractivity contribution is 5.77. The van der Waals surface area contributed by atoms with E-state index in [1.165, 1.54) is 7.11 Å². The summed E-state index contributed by atoms with van der Waals surface area (Å²) < 4.78 is 12.8. The molecule has 0 aliphatic carbocycles. The van der Waals surface area contributed by atoms with Crippen LogP contribution in [0.4, 0.5) is 0 Å². The molecular formula is C16H26N4O4. The summed E-state index contributed by atoms with van der Waals surface area (Å²) in [4.78, 5) is 25.6. The normalized spacial score (nSPS) is 21.0. The summed E-state index contributed by atoms with van der Waals surface area (Å²) in [7, 11) is 1.54. The van der Waals surface area contributed by atoms with Crippen molar-refractivity contribution in [1.82, 2.24) is 14.7 Å². The molecule has 1 aliphatic rings. The number of nitrogens with two attached hydrogens (primary N) is 1. The summed E-state index contributed by atoms with van der Waals surface area (Å²) in [6, 6.07) is 1.98. The Labute approximate surface area is 141 Å². The van der Waals surface area contributed by atoms with E-state index < -0.39 is 11.5 Å². The Kier molecular flexibility index (Phi) is 5.95. The van der Waals surface area contributed by atoms with Crippen molar-refractivity contribution in [3.8, 4) is 0 Å². The minimum Gasteiger partial charge on any atom is -0.382 e. The number of aryl methyl sites for hydroxylation is 3. The van der Waals surface area contributed by atoms with E-state index in [0.29, 0.717) is 32.7 Å². The molecule has 0 bridgehead atoms. The van der Waals surface area contributed by atoms with E-state index in [-0.39, 0.29) is 18.9 Å². The van der Waals surface area contributed by atoms with Crippen LogP contribution in [0, 0.1) is 13.8 Å². The number of morpholine rings is 1. The SMILES string of the molecule is COCC1(CC(N)=O)CN(C(=O)CCn2nc(C)cc2C)CCO1. The zero-order chi connectivity index (χ0) is 17.7. The molecule has 24 heavy (non-hydrogen) atoms. The molecule has 0 saturated carbocycles. The summed E-state index contributed by atoms with van der Waals surface area (Å²) in [6.07, 6.45) is 0.379. The molecule has 1 saturated heterocycles. The number of carbonyl (C=O) groups excluding carboxylic acids is 2. The standard InChI is InChI=1S/C16H26N4O4/c1-12-8-13(2)20(18-12)5-4-15(22)19-6-7-24-16(10-19,11-23-3)9-14(17)21/h8H,4-7,9-11H2,1-3H3,(H2,17,21). The molecule has 1 aromatic heterocycles. The van der Waals surface area contributed by atoms with E-state index in [1.807, 2.05) is 24.6 Å². The number of primary amides is 1. The van der Waals surface area contributed by atoms with Crippen molar-refractivity contribution in [2.75, 3.05) is 33.4 Å². The van der Waals surface area contributed by atoms with Crippen LogP contribution >= 0.6 is 0 Å². The van der Waals surface area contributed by atoms with Crippen LogP contribution in [0.15, 0.2) is 6.07 Å². The van der Waals surface area contributed by atoms with E-state index in [1.54, 1.807) is 4.90 Å². The Morgan fingerprint density at radius 2 is 2.21 bits per heavy atom. The van der Waals surface area contributed by atoms with Crippen molar-refractivity contribution >= 4 is 11.8 Å². The molecule has 2 heterocycles. The lowest BCUT2D eigenvalue weighted by molar-refractivity contribution is -0.166. The fraction of sp³-hybridized carbons (Fsp3) is 0.688. The highest BCUT2D eigenvalue weighted by Gasteiger charge is 2.39. The van der Waals surface area contributed by atoms with Crippen LogP contribution in [0.1, 0.15) is 24.2 Å². The van der Waals surface area contributed by atoms with Crippen LogP contribution in [0.5, 0.6) is 0 Å². The lowest BCUT2D eigenvalue weighted by Crippen LogP contribution is -2.57. The third-order valence-corrected chi connectivity index (χ3v) is 4.15. The van der Waals surface area contributed by atoms with Gasteiger partial charge < -0.3 is 20.1 Å². The number of hydrogen-bond acceptors (Lipinski definition) is 5. The fourth-order valence-electron chi connectivity index (χ4n) is 3.14. The molecule has 1 fully saturated rings. The smallest absolute Gasteiger partial charge is 0.224 e. The third-order valence-electron chi connectivity index (χ3n) is 4.15. The van der Waals surface area contributed by atoms with Gasteiger partial charge in [-0.25, -0.2) is 0 Å². The van der Waals surface area contributed by atoms with Gasteiger partial charge in [0, 0.05) is 32.3 Å². The third kappa shape index (κ3) is 4.55. The Morgan fingerprint density at radius 3 is 2.79 bits per heavy atom. The van der Waals surface area contributed by atoms with Gasteiger partial charge in [-0.2, -0.15) is 5.10 Å². The molecule has 2 N–H and O–H groups in total. The van der Waals surface area contributed by atoms with Gasteiger partial charge in [0.1, 0.15) is 5.60 Å². The lowest BCUT2D eigenvalue weighted by atomic mass is 9.97. The van der Waals surface area contributed by atoms with Crippen LogP contribution < -0.4 is 5.73 Å². The topological polar surface area (TPSA) is 99.7 Å². The van der Waals surface area contributed by atoms with E-state index in [2.05, 4.69) is 5.10 Å². The Balaban J connectivity index is 1.98. The van der Waals surface area contributed by atoms with E-state index >= 15 is 0 Å². The first-order chi connectivity index (χ1) is 11.3. The molecular weight excluding hydrogens is 312 g/mol. The molecule has 134 valence electrons. The maximum absolute atomic E-state index is 12.5. The average Bonchev–Trinajstić information content (AvgIpc) is 2.82. The van der Waals surface area contributed by atoms with Gasteiger partial charge in [-0.1, -0.05) is 0 Å². The maximum atomic E-state index is 12.5. The second-order valence-electron chi connectivity index (χ2n) is 6.32. The fourth-order valence-corrected chi connectivity index (χ4v) is 3.14. The first-order valence-electron chi connectivity index (χ1n) is 8.05. The largest absolute Gasteiger partial charge is 0.382 e. The maximum Gasteiger partial charge on any atom is 0.224 e. The number of nitrogens with zero attached hydrogens (tertiary/aromatic N) is 3. The number of carbonyl (C=O) groups is 2. The van der Waals surface area contributed by atoms with Crippen molar-refractivity contribution in [3.63, 3.8) is 0 Å². The molecule has 0 spiro atoms. The minimum absolute atomic E-state index is 0.0100. The zero-order valence-corrected chi connectivity index (χ0v) is 14.6. The first-order valence-corrected chi connectivity index (χ1v) is 8.05. The van der Waals surface area contributed by atoms with Crippen molar-refractivity contribution < 1.29 is 19.1 Å². The van der Waals surface area contributed by atoms with Gasteiger partial charge in [-0.3, -0.25) is 14.3 Å². The number of amides is 2. The minimum atomic E-state index is -0.854. The molecule has 1 unspecified atom stereocenters. The van der Waals surface area contributed by atoms with E-state index in [0.717, 1.165) is 11.4 Å². The van der Waals surface area contributed by atoms with Crippen molar-refractivity contribution in [3.05, 3.63) is 17.5 Å². The molecule has 1 aromatic rings. The monoisotopic (exact) mass is 338 g/mol. The predicted molar refractivity (Wildman–Crippen MR) is 87.3 cm³/mol. The summed E-state index contributed by atoms with van der Waals surface area (Å²) >= 11 is 0. The van der Waals surface area contributed by atoms with Gasteiger partial charge in [-0.15, -0.1) is 0 Å². The highest BCUT2D eigenvalue weighted by Crippen LogP contribution is 2.23. The van der Waals surface area contributed by atoms with Crippen molar-refractivity contribution in [2.45, 2.75) is 38.8 Å². The summed E-state index contributed by atoms with van der Waals surface area (Å²) in [5.41, 5.74) is 6.44. The molecule has 8 heteroatoms. The summed E-state index contributed by atoms with van der Waals surface area (Å²) in [5.74, 6) is -0.459. The van der Waals surface area contributed by atoms with Crippen molar-refractivity contribution in [1.29, 1.82) is 0 Å². The molecule has 2 rings (SSSR count). The van der Waals surface area contributed by atoms with Gasteiger partial charge in [0.05, 0.1) is 31.9 Å². The van der Waals surface area contributed by atoms with Crippen LogP contribution in [-0.2, 0) is 25.6 Å². The van der Waals surface area contributed by atoms with Gasteiger partial charge in [0.2, 0.25) is 11.8 Å². The van der Waals surface area contributed by atoms with E-state index in [9.17, 15) is 9.59 Å². The number of rotatable bonds is 7. The zero-order valence-electron chi connectivity index (χ0n) is 14.6. The van der Waals surface area contributed by atoms with Gasteiger partial charge in [0.15, 0.2) is 0 Å². The Bertz CT molecular complexity index is 597. The molecule has 1 atom stereocenters.